The van der Waals surface area contributed by atoms with E-state index >= 15 is 0 Å². The molecule has 3 heteroatoms. The lowest BCUT2D eigenvalue weighted by atomic mass is 10.1. The van der Waals surface area contributed by atoms with Crippen molar-refractivity contribution in [2.24, 2.45) is 0 Å². The van der Waals surface area contributed by atoms with Crippen molar-refractivity contribution in [1.82, 2.24) is 9.78 Å². The van der Waals surface area contributed by atoms with Gasteiger partial charge in [-0.3, -0.25) is 0 Å². The van der Waals surface area contributed by atoms with Crippen LogP contribution in [0.15, 0.2) is 66.9 Å². The predicted molar refractivity (Wildman–Crippen MR) is 75.6 cm³/mol. The summed E-state index contributed by atoms with van der Waals surface area (Å²) in [6.07, 6.45) is 1.81. The first-order chi connectivity index (χ1) is 9.38. The Morgan fingerprint density at radius 2 is 1.79 bits per heavy atom. The normalized spacial score (nSPS) is 10.4. The van der Waals surface area contributed by atoms with Gasteiger partial charge in [-0.25, -0.2) is 4.68 Å². The number of aromatic nitrogens is 2. The Kier molecular flexibility index (Phi) is 3.02. The summed E-state index contributed by atoms with van der Waals surface area (Å²) in [5.41, 5.74) is 3.19. The summed E-state index contributed by atoms with van der Waals surface area (Å²) in [5, 5.41) is 4.40. The summed E-state index contributed by atoms with van der Waals surface area (Å²) < 4.78 is 7.17. The molecular formula is C16H14N2O. The molecule has 0 saturated heterocycles. The monoisotopic (exact) mass is 250 g/mol. The molecule has 0 atom stereocenters. The fourth-order valence-electron chi connectivity index (χ4n) is 2.08. The minimum atomic E-state index is 0.826. The highest BCUT2D eigenvalue weighted by atomic mass is 16.5. The summed E-state index contributed by atoms with van der Waals surface area (Å²) in [7, 11) is 1.67. The van der Waals surface area contributed by atoms with Crippen LogP contribution < -0.4 is 4.74 Å². The van der Waals surface area contributed by atoms with E-state index in [4.69, 9.17) is 4.74 Å². The maximum atomic E-state index is 5.26. The van der Waals surface area contributed by atoms with Crippen molar-refractivity contribution in [2.45, 2.75) is 0 Å². The molecule has 94 valence electrons. The molecule has 0 unspecified atom stereocenters. The van der Waals surface area contributed by atoms with Crippen molar-refractivity contribution < 1.29 is 4.74 Å². The van der Waals surface area contributed by atoms with E-state index in [-0.39, 0.29) is 0 Å². The van der Waals surface area contributed by atoms with Gasteiger partial charge in [-0.15, -0.1) is 0 Å². The number of hydrogen-bond acceptors (Lipinski definition) is 2. The third-order valence-electron chi connectivity index (χ3n) is 3.01. The average molecular weight is 250 g/mol. The fraction of sp³-hybridized carbons (Fsp3) is 0.0625. The first-order valence-electron chi connectivity index (χ1n) is 6.12. The summed E-state index contributed by atoms with van der Waals surface area (Å²) >= 11 is 0. The van der Waals surface area contributed by atoms with Crippen LogP contribution in [0.2, 0.25) is 0 Å². The van der Waals surface area contributed by atoms with E-state index < -0.39 is 0 Å². The number of ether oxygens (including phenoxy) is 1. The Morgan fingerprint density at radius 1 is 0.947 bits per heavy atom. The Hall–Kier alpha value is -2.55. The summed E-state index contributed by atoms with van der Waals surface area (Å²) in [6.45, 7) is 0. The van der Waals surface area contributed by atoms with Crippen LogP contribution in [-0.4, -0.2) is 16.9 Å². The molecule has 0 fully saturated rings. The lowest BCUT2D eigenvalue weighted by Crippen LogP contribution is -1.99. The van der Waals surface area contributed by atoms with Gasteiger partial charge in [-0.2, -0.15) is 5.10 Å². The van der Waals surface area contributed by atoms with Gasteiger partial charge < -0.3 is 4.74 Å². The zero-order valence-corrected chi connectivity index (χ0v) is 10.7. The van der Waals surface area contributed by atoms with Gasteiger partial charge in [0.1, 0.15) is 5.75 Å². The predicted octanol–water partition coefficient (Wildman–Crippen LogP) is 3.55. The van der Waals surface area contributed by atoms with Crippen molar-refractivity contribution in [3.05, 3.63) is 66.9 Å². The van der Waals surface area contributed by atoms with E-state index in [1.165, 1.54) is 0 Å². The third kappa shape index (κ3) is 2.22. The highest BCUT2D eigenvalue weighted by molar-refractivity contribution is 5.61. The highest BCUT2D eigenvalue weighted by Crippen LogP contribution is 2.23. The van der Waals surface area contributed by atoms with Crippen LogP contribution >= 0.6 is 0 Å². The van der Waals surface area contributed by atoms with E-state index in [1.807, 2.05) is 59.4 Å². The number of methoxy groups -OCH3 is 1. The largest absolute Gasteiger partial charge is 0.497 e. The molecule has 0 bridgehead atoms. The molecular weight excluding hydrogens is 236 g/mol. The molecule has 1 aromatic heterocycles. The molecule has 0 N–H and O–H groups in total. The van der Waals surface area contributed by atoms with Crippen molar-refractivity contribution in [3.63, 3.8) is 0 Å². The summed E-state index contributed by atoms with van der Waals surface area (Å²) in [4.78, 5) is 0. The van der Waals surface area contributed by atoms with Crippen molar-refractivity contribution in [2.75, 3.05) is 7.11 Å². The molecule has 0 saturated carbocycles. The fourth-order valence-corrected chi connectivity index (χ4v) is 2.08. The Morgan fingerprint density at radius 3 is 2.58 bits per heavy atom. The first kappa shape index (κ1) is 11.5. The van der Waals surface area contributed by atoms with Crippen LogP contribution in [0.5, 0.6) is 5.75 Å². The second-order valence-corrected chi connectivity index (χ2v) is 4.20. The van der Waals surface area contributed by atoms with Crippen molar-refractivity contribution in [3.8, 4) is 22.7 Å². The Labute approximate surface area is 112 Å². The summed E-state index contributed by atoms with van der Waals surface area (Å²) in [5.74, 6) is 0.826. The highest BCUT2D eigenvalue weighted by Gasteiger charge is 2.07. The molecule has 19 heavy (non-hydrogen) atoms. The minimum absolute atomic E-state index is 0.826. The van der Waals surface area contributed by atoms with Gasteiger partial charge in [0.25, 0.3) is 0 Å². The van der Waals surface area contributed by atoms with E-state index in [2.05, 4.69) is 17.2 Å². The molecule has 0 amide bonds. The molecule has 3 nitrogen and oxygen atoms in total. The van der Waals surface area contributed by atoms with Gasteiger partial charge >= 0.3 is 0 Å². The van der Waals surface area contributed by atoms with Gasteiger partial charge in [0.2, 0.25) is 0 Å². The molecule has 0 aliphatic heterocycles. The minimum Gasteiger partial charge on any atom is -0.497 e. The molecule has 0 aliphatic carbocycles. The standard InChI is InChI=1S/C16H14N2O/c1-19-15-9-5-8-14(12-15)18-16(10-11-17-18)13-6-3-2-4-7-13/h2-12H,1H3. The second kappa shape index (κ2) is 4.98. The number of nitrogens with zero attached hydrogens (tertiary/aromatic N) is 2. The smallest absolute Gasteiger partial charge is 0.121 e. The van der Waals surface area contributed by atoms with Crippen LogP contribution in [0.25, 0.3) is 16.9 Å². The van der Waals surface area contributed by atoms with Crippen molar-refractivity contribution >= 4 is 0 Å². The molecule has 3 aromatic rings. The van der Waals surface area contributed by atoms with Gasteiger partial charge in [0, 0.05) is 11.6 Å². The third-order valence-corrected chi connectivity index (χ3v) is 3.01. The number of rotatable bonds is 3. The molecule has 0 aliphatic rings. The van der Waals surface area contributed by atoms with Crippen LogP contribution in [0.3, 0.4) is 0 Å². The van der Waals surface area contributed by atoms with Crippen LogP contribution in [0.4, 0.5) is 0 Å². The molecule has 1 heterocycles. The van der Waals surface area contributed by atoms with Crippen LogP contribution in [-0.2, 0) is 0 Å². The number of hydrogen-bond donors (Lipinski definition) is 0. The van der Waals surface area contributed by atoms with Gasteiger partial charge in [-0.1, -0.05) is 36.4 Å². The van der Waals surface area contributed by atoms with Crippen molar-refractivity contribution in [1.29, 1.82) is 0 Å². The van der Waals surface area contributed by atoms with Gasteiger partial charge in [0.15, 0.2) is 0 Å². The van der Waals surface area contributed by atoms with Gasteiger partial charge in [0.05, 0.1) is 24.7 Å². The topological polar surface area (TPSA) is 27.1 Å². The maximum absolute atomic E-state index is 5.26. The first-order valence-corrected chi connectivity index (χ1v) is 6.12. The quantitative estimate of drug-likeness (QED) is 0.710. The lowest BCUT2D eigenvalue weighted by Gasteiger charge is -2.09. The maximum Gasteiger partial charge on any atom is 0.121 e. The second-order valence-electron chi connectivity index (χ2n) is 4.20. The molecule has 0 spiro atoms. The van der Waals surface area contributed by atoms with Gasteiger partial charge in [-0.05, 0) is 18.2 Å². The SMILES string of the molecule is COc1cccc(-n2nccc2-c2ccccc2)c1. The zero-order chi connectivity index (χ0) is 13.1. The average Bonchev–Trinajstić information content (AvgIpc) is 2.98. The lowest BCUT2D eigenvalue weighted by molar-refractivity contribution is 0.414. The van der Waals surface area contributed by atoms with Crippen LogP contribution in [0, 0.1) is 0 Å². The van der Waals surface area contributed by atoms with E-state index in [9.17, 15) is 0 Å². The van der Waals surface area contributed by atoms with E-state index in [1.54, 1.807) is 7.11 Å². The number of benzene rings is 2. The van der Waals surface area contributed by atoms with E-state index in [0.29, 0.717) is 0 Å². The molecule has 2 aromatic carbocycles. The zero-order valence-electron chi connectivity index (χ0n) is 10.7. The Balaban J connectivity index is 2.09. The molecule has 0 radical (unpaired) electrons. The van der Waals surface area contributed by atoms with Crippen LogP contribution in [0.1, 0.15) is 0 Å². The Bertz CT molecular complexity index is 674. The van der Waals surface area contributed by atoms with E-state index in [0.717, 1.165) is 22.7 Å². The summed E-state index contributed by atoms with van der Waals surface area (Å²) in [6, 6.07) is 20.1. The molecule has 3 rings (SSSR count).